The van der Waals surface area contributed by atoms with E-state index in [9.17, 15) is 4.79 Å². The molecular formula is C17H19ClN2OS. The quantitative estimate of drug-likeness (QED) is 0.893. The maximum absolute atomic E-state index is 12.3. The number of hydrogen-bond donors (Lipinski definition) is 1. The summed E-state index contributed by atoms with van der Waals surface area (Å²) >= 11 is 7.94. The average molecular weight is 335 g/mol. The first-order valence-electron chi connectivity index (χ1n) is 7.47. The van der Waals surface area contributed by atoms with Crippen LogP contribution in [0.25, 0.3) is 0 Å². The number of aryl methyl sites for hydroxylation is 1. The van der Waals surface area contributed by atoms with Crippen molar-refractivity contribution in [1.82, 2.24) is 4.90 Å². The number of nitrogens with one attached hydrogen (secondary N) is 1. The zero-order valence-corrected chi connectivity index (χ0v) is 14.1. The van der Waals surface area contributed by atoms with E-state index >= 15 is 0 Å². The van der Waals surface area contributed by atoms with Crippen LogP contribution in [0.1, 0.15) is 29.3 Å². The van der Waals surface area contributed by atoms with Gasteiger partial charge in [-0.3, -0.25) is 9.69 Å². The minimum absolute atomic E-state index is 0.00536. The molecule has 0 saturated carbocycles. The molecule has 1 amide bonds. The SMILES string of the molecule is Cc1ccc(NC(=O)CN2CCC[C@@H]2c2cccs2)c(Cl)c1. The van der Waals surface area contributed by atoms with Crippen molar-refractivity contribution in [3.05, 3.63) is 51.2 Å². The van der Waals surface area contributed by atoms with Gasteiger partial charge in [0.1, 0.15) is 0 Å². The number of amides is 1. The van der Waals surface area contributed by atoms with Crippen LogP contribution in [0.15, 0.2) is 35.7 Å². The Labute approximate surface area is 139 Å². The van der Waals surface area contributed by atoms with Crippen molar-refractivity contribution >= 4 is 34.5 Å². The predicted octanol–water partition coefficient (Wildman–Crippen LogP) is 4.49. The second kappa shape index (κ2) is 6.82. The van der Waals surface area contributed by atoms with Gasteiger partial charge in [-0.1, -0.05) is 23.7 Å². The lowest BCUT2D eigenvalue weighted by Gasteiger charge is -2.23. The number of likely N-dealkylation sites (tertiary alicyclic amines) is 1. The molecule has 1 aromatic heterocycles. The van der Waals surface area contributed by atoms with Crippen LogP contribution in [0, 0.1) is 6.92 Å². The van der Waals surface area contributed by atoms with E-state index < -0.39 is 0 Å². The monoisotopic (exact) mass is 334 g/mol. The molecular weight excluding hydrogens is 316 g/mol. The largest absolute Gasteiger partial charge is 0.324 e. The summed E-state index contributed by atoms with van der Waals surface area (Å²) in [6, 6.07) is 10.3. The van der Waals surface area contributed by atoms with E-state index in [2.05, 4.69) is 27.7 Å². The van der Waals surface area contributed by atoms with Crippen molar-refractivity contribution in [2.45, 2.75) is 25.8 Å². The summed E-state index contributed by atoms with van der Waals surface area (Å²) < 4.78 is 0. The third kappa shape index (κ3) is 3.51. The summed E-state index contributed by atoms with van der Waals surface area (Å²) in [4.78, 5) is 15.9. The fraction of sp³-hybridized carbons (Fsp3) is 0.353. The first kappa shape index (κ1) is 15.5. The Morgan fingerprint density at radius 2 is 2.32 bits per heavy atom. The Hall–Kier alpha value is -1.36. The molecule has 1 N–H and O–H groups in total. The lowest BCUT2D eigenvalue weighted by atomic mass is 10.2. The highest BCUT2D eigenvalue weighted by atomic mass is 35.5. The summed E-state index contributed by atoms with van der Waals surface area (Å²) in [6.45, 7) is 3.36. The van der Waals surface area contributed by atoms with E-state index in [0.29, 0.717) is 23.3 Å². The maximum Gasteiger partial charge on any atom is 0.238 e. The Kier molecular flexibility index (Phi) is 4.81. The zero-order chi connectivity index (χ0) is 15.5. The minimum atomic E-state index is -0.00536. The lowest BCUT2D eigenvalue weighted by molar-refractivity contribution is -0.117. The second-order valence-corrected chi connectivity index (χ2v) is 7.06. The summed E-state index contributed by atoms with van der Waals surface area (Å²) in [5.74, 6) is -0.00536. The molecule has 3 nitrogen and oxygen atoms in total. The fourth-order valence-electron chi connectivity index (χ4n) is 2.91. The molecule has 2 aromatic rings. The highest BCUT2D eigenvalue weighted by Gasteiger charge is 2.28. The topological polar surface area (TPSA) is 32.3 Å². The number of carbonyl (C=O) groups is 1. The van der Waals surface area contributed by atoms with Crippen LogP contribution in [0.3, 0.4) is 0 Å². The molecule has 2 heterocycles. The number of anilines is 1. The van der Waals surface area contributed by atoms with Gasteiger partial charge in [0, 0.05) is 10.9 Å². The van der Waals surface area contributed by atoms with Gasteiger partial charge in [-0.05, 0) is 55.5 Å². The molecule has 22 heavy (non-hydrogen) atoms. The highest BCUT2D eigenvalue weighted by molar-refractivity contribution is 7.10. The van der Waals surface area contributed by atoms with Crippen molar-refractivity contribution in [2.24, 2.45) is 0 Å². The Morgan fingerprint density at radius 1 is 1.45 bits per heavy atom. The summed E-state index contributed by atoms with van der Waals surface area (Å²) in [5, 5.41) is 5.60. The Balaban J connectivity index is 1.64. The molecule has 1 saturated heterocycles. The molecule has 0 radical (unpaired) electrons. The first-order chi connectivity index (χ1) is 10.6. The molecule has 1 fully saturated rings. The van der Waals surface area contributed by atoms with Crippen molar-refractivity contribution in [3.8, 4) is 0 Å². The molecule has 5 heteroatoms. The van der Waals surface area contributed by atoms with Crippen LogP contribution in [-0.4, -0.2) is 23.9 Å². The molecule has 0 bridgehead atoms. The summed E-state index contributed by atoms with van der Waals surface area (Å²) in [5.41, 5.74) is 1.77. The molecule has 1 aromatic carbocycles. The first-order valence-corrected chi connectivity index (χ1v) is 8.73. The third-order valence-corrected chi connectivity index (χ3v) is 5.27. The molecule has 0 aliphatic carbocycles. The van der Waals surface area contributed by atoms with E-state index in [4.69, 9.17) is 11.6 Å². The smallest absolute Gasteiger partial charge is 0.238 e. The number of carbonyl (C=O) groups excluding carboxylic acids is 1. The van der Waals surface area contributed by atoms with Gasteiger partial charge >= 0.3 is 0 Å². The number of rotatable bonds is 4. The molecule has 0 unspecified atom stereocenters. The van der Waals surface area contributed by atoms with E-state index in [-0.39, 0.29) is 5.91 Å². The molecule has 0 spiro atoms. The number of nitrogens with zero attached hydrogens (tertiary/aromatic N) is 1. The summed E-state index contributed by atoms with van der Waals surface area (Å²) in [7, 11) is 0. The van der Waals surface area contributed by atoms with Gasteiger partial charge in [0.05, 0.1) is 17.3 Å². The van der Waals surface area contributed by atoms with Gasteiger partial charge < -0.3 is 5.32 Å². The van der Waals surface area contributed by atoms with Crippen molar-refractivity contribution in [1.29, 1.82) is 0 Å². The Morgan fingerprint density at radius 3 is 3.05 bits per heavy atom. The van der Waals surface area contributed by atoms with Crippen molar-refractivity contribution in [2.75, 3.05) is 18.4 Å². The van der Waals surface area contributed by atoms with E-state index in [1.54, 1.807) is 11.3 Å². The van der Waals surface area contributed by atoms with Crippen LogP contribution in [0.5, 0.6) is 0 Å². The molecule has 1 aliphatic heterocycles. The summed E-state index contributed by atoms with van der Waals surface area (Å²) in [6.07, 6.45) is 2.26. The lowest BCUT2D eigenvalue weighted by Crippen LogP contribution is -2.32. The average Bonchev–Trinajstić information content (AvgIpc) is 3.12. The van der Waals surface area contributed by atoms with Gasteiger partial charge in [0.15, 0.2) is 0 Å². The van der Waals surface area contributed by atoms with Gasteiger partial charge in [-0.25, -0.2) is 0 Å². The zero-order valence-electron chi connectivity index (χ0n) is 12.5. The van der Waals surface area contributed by atoms with Crippen molar-refractivity contribution < 1.29 is 4.79 Å². The Bertz CT molecular complexity index is 657. The number of thiophene rings is 1. The molecule has 1 aliphatic rings. The second-order valence-electron chi connectivity index (χ2n) is 5.68. The fourth-order valence-corrected chi connectivity index (χ4v) is 4.09. The van der Waals surface area contributed by atoms with E-state index in [1.807, 2.05) is 25.1 Å². The van der Waals surface area contributed by atoms with Crippen molar-refractivity contribution in [3.63, 3.8) is 0 Å². The van der Waals surface area contributed by atoms with Crippen LogP contribution in [0.2, 0.25) is 5.02 Å². The van der Waals surface area contributed by atoms with Crippen LogP contribution < -0.4 is 5.32 Å². The maximum atomic E-state index is 12.3. The normalized spacial score (nSPS) is 18.5. The van der Waals surface area contributed by atoms with Crippen LogP contribution in [-0.2, 0) is 4.79 Å². The standard InChI is InChI=1S/C17H19ClN2OS/c1-12-6-7-14(13(18)10-12)19-17(21)11-20-8-2-4-15(20)16-5-3-9-22-16/h3,5-7,9-10,15H,2,4,8,11H2,1H3,(H,19,21)/t15-/m1/s1. The minimum Gasteiger partial charge on any atom is -0.324 e. The number of hydrogen-bond acceptors (Lipinski definition) is 3. The highest BCUT2D eigenvalue weighted by Crippen LogP contribution is 2.34. The predicted molar refractivity (Wildman–Crippen MR) is 92.7 cm³/mol. The molecule has 3 rings (SSSR count). The van der Waals surface area contributed by atoms with Gasteiger partial charge in [0.2, 0.25) is 5.91 Å². The molecule has 1 atom stereocenters. The van der Waals surface area contributed by atoms with E-state index in [0.717, 1.165) is 24.9 Å². The van der Waals surface area contributed by atoms with Crippen LogP contribution >= 0.6 is 22.9 Å². The van der Waals surface area contributed by atoms with Gasteiger partial charge in [-0.15, -0.1) is 11.3 Å². The van der Waals surface area contributed by atoms with E-state index in [1.165, 1.54) is 4.88 Å². The van der Waals surface area contributed by atoms with Crippen LogP contribution in [0.4, 0.5) is 5.69 Å². The number of benzene rings is 1. The molecule has 116 valence electrons. The number of halogens is 1. The van der Waals surface area contributed by atoms with Gasteiger partial charge in [-0.2, -0.15) is 0 Å². The third-order valence-electron chi connectivity index (χ3n) is 3.98. The van der Waals surface area contributed by atoms with Gasteiger partial charge in [0.25, 0.3) is 0 Å².